The lowest BCUT2D eigenvalue weighted by molar-refractivity contribution is -0.272. The van der Waals surface area contributed by atoms with E-state index in [2.05, 4.69) is 10.0 Å². The number of halogens is 3. The molecule has 1 aliphatic heterocycles. The zero-order chi connectivity index (χ0) is 12.2. The highest BCUT2D eigenvalue weighted by atomic mass is 19.4. The minimum absolute atomic E-state index is 0.164. The Hall–Kier alpha value is -0.980. The summed E-state index contributed by atoms with van der Waals surface area (Å²) in [4.78, 5) is 4.30. The summed E-state index contributed by atoms with van der Waals surface area (Å²) in [7, 11) is 0. The number of rotatable bonds is 3. The summed E-state index contributed by atoms with van der Waals surface area (Å²) < 4.78 is 37.3. The maximum absolute atomic E-state index is 12.4. The van der Waals surface area contributed by atoms with Gasteiger partial charge in [0.15, 0.2) is 5.60 Å². The highest BCUT2D eigenvalue weighted by Crippen LogP contribution is 2.38. The summed E-state index contributed by atoms with van der Waals surface area (Å²) in [5, 5.41) is 12.7. The lowest BCUT2D eigenvalue weighted by atomic mass is 9.91. The van der Waals surface area contributed by atoms with Crippen LogP contribution in [0.3, 0.4) is 0 Å². The average molecular weight is 238 g/mol. The average Bonchev–Trinajstić information content (AvgIpc) is 2.20. The number of hydrogen-bond acceptors (Lipinski definition) is 3. The molecule has 0 unspecified atom stereocenters. The van der Waals surface area contributed by atoms with Crippen molar-refractivity contribution in [2.24, 2.45) is 5.11 Å². The molecule has 1 saturated heterocycles. The minimum Gasteiger partial charge on any atom is -0.380 e. The molecule has 0 aromatic heterocycles. The summed E-state index contributed by atoms with van der Waals surface area (Å²) >= 11 is 0. The van der Waals surface area contributed by atoms with Crippen LogP contribution in [0.1, 0.15) is 12.8 Å². The topological polar surface area (TPSA) is 72.2 Å². The fourth-order valence-electron chi connectivity index (χ4n) is 1.66. The van der Waals surface area contributed by atoms with Crippen LogP contribution in [-0.4, -0.2) is 48.0 Å². The number of piperidine rings is 1. The predicted octanol–water partition coefficient (Wildman–Crippen LogP) is 1.69. The Morgan fingerprint density at radius 3 is 2.38 bits per heavy atom. The Kier molecular flexibility index (Phi) is 4.01. The largest absolute Gasteiger partial charge is 0.417 e. The molecule has 16 heavy (non-hydrogen) atoms. The molecule has 1 fully saturated rings. The lowest BCUT2D eigenvalue weighted by Gasteiger charge is -2.38. The van der Waals surface area contributed by atoms with Crippen molar-refractivity contribution in [3.05, 3.63) is 10.4 Å². The molecular formula is C8H13F3N4O. The molecule has 0 spiro atoms. The van der Waals surface area contributed by atoms with E-state index >= 15 is 0 Å². The van der Waals surface area contributed by atoms with Gasteiger partial charge in [-0.1, -0.05) is 5.11 Å². The van der Waals surface area contributed by atoms with Crippen molar-refractivity contribution in [2.75, 3.05) is 26.2 Å². The summed E-state index contributed by atoms with van der Waals surface area (Å²) in [5.41, 5.74) is 5.48. The van der Waals surface area contributed by atoms with Crippen LogP contribution in [0, 0.1) is 0 Å². The number of nitrogens with zero attached hydrogens (tertiary/aromatic N) is 4. The van der Waals surface area contributed by atoms with E-state index in [0.29, 0.717) is 6.54 Å². The molecule has 1 aliphatic rings. The first-order valence-electron chi connectivity index (χ1n) is 4.91. The number of hydrogen-bond donors (Lipinski definition) is 1. The molecule has 0 saturated carbocycles. The molecule has 0 aromatic carbocycles. The van der Waals surface area contributed by atoms with Crippen LogP contribution in [0.15, 0.2) is 5.11 Å². The normalized spacial score (nSPS) is 21.5. The second-order valence-corrected chi connectivity index (χ2v) is 3.83. The molecule has 0 bridgehead atoms. The van der Waals surface area contributed by atoms with Crippen molar-refractivity contribution < 1.29 is 18.3 Å². The number of alkyl halides is 3. The molecule has 8 heteroatoms. The summed E-state index contributed by atoms with van der Waals surface area (Å²) in [5.74, 6) is 0. The molecule has 1 heterocycles. The summed E-state index contributed by atoms with van der Waals surface area (Å²) in [6.07, 6.45) is -5.22. The number of azide groups is 1. The molecule has 0 aromatic rings. The first-order chi connectivity index (χ1) is 7.39. The number of likely N-dealkylation sites (tertiary alicyclic amines) is 1. The summed E-state index contributed by atoms with van der Waals surface area (Å²) in [6.45, 7) is 0.993. The Morgan fingerprint density at radius 1 is 1.38 bits per heavy atom. The molecule has 5 nitrogen and oxygen atoms in total. The first kappa shape index (κ1) is 13.1. The molecular weight excluding hydrogens is 225 g/mol. The van der Waals surface area contributed by atoms with Gasteiger partial charge in [-0.25, -0.2) is 0 Å². The zero-order valence-corrected chi connectivity index (χ0v) is 8.61. The predicted molar refractivity (Wildman–Crippen MR) is 50.7 cm³/mol. The van der Waals surface area contributed by atoms with Gasteiger partial charge in [-0.15, -0.1) is 0 Å². The van der Waals surface area contributed by atoms with Crippen LogP contribution in [-0.2, 0) is 0 Å². The van der Waals surface area contributed by atoms with Gasteiger partial charge < -0.3 is 10.0 Å². The molecule has 0 atom stereocenters. The van der Waals surface area contributed by atoms with Gasteiger partial charge in [-0.3, -0.25) is 0 Å². The lowest BCUT2D eigenvalue weighted by Crippen LogP contribution is -2.53. The van der Waals surface area contributed by atoms with Crippen LogP contribution in [0.4, 0.5) is 13.2 Å². The Balaban J connectivity index is 2.42. The fraction of sp³-hybridized carbons (Fsp3) is 1.00. The smallest absolute Gasteiger partial charge is 0.380 e. The van der Waals surface area contributed by atoms with Crippen LogP contribution in [0.5, 0.6) is 0 Å². The van der Waals surface area contributed by atoms with Crippen molar-refractivity contribution in [3.63, 3.8) is 0 Å². The van der Waals surface area contributed by atoms with Gasteiger partial charge in [0.1, 0.15) is 0 Å². The van der Waals surface area contributed by atoms with E-state index in [9.17, 15) is 18.3 Å². The van der Waals surface area contributed by atoms with E-state index < -0.39 is 11.8 Å². The molecule has 0 amide bonds. The van der Waals surface area contributed by atoms with Crippen LogP contribution in [0.25, 0.3) is 10.4 Å². The molecule has 1 rings (SSSR count). The van der Waals surface area contributed by atoms with Crippen molar-refractivity contribution in [2.45, 2.75) is 24.6 Å². The van der Waals surface area contributed by atoms with Crippen molar-refractivity contribution in [1.29, 1.82) is 0 Å². The van der Waals surface area contributed by atoms with Crippen LogP contribution >= 0.6 is 0 Å². The maximum atomic E-state index is 12.4. The monoisotopic (exact) mass is 238 g/mol. The van der Waals surface area contributed by atoms with Crippen molar-refractivity contribution >= 4 is 0 Å². The van der Waals surface area contributed by atoms with Gasteiger partial charge in [-0.05, 0) is 18.4 Å². The first-order valence-corrected chi connectivity index (χ1v) is 4.91. The second kappa shape index (κ2) is 4.90. The SMILES string of the molecule is [N-]=[N+]=NCCN1CCC(O)(C(F)(F)F)CC1. The molecule has 0 radical (unpaired) electrons. The van der Waals surface area contributed by atoms with Crippen LogP contribution < -0.4 is 0 Å². The van der Waals surface area contributed by atoms with Gasteiger partial charge in [0.05, 0.1) is 0 Å². The van der Waals surface area contributed by atoms with E-state index in [-0.39, 0.29) is 32.5 Å². The maximum Gasteiger partial charge on any atom is 0.417 e. The Morgan fingerprint density at radius 2 is 1.94 bits per heavy atom. The third-order valence-electron chi connectivity index (χ3n) is 2.79. The third-order valence-corrected chi connectivity index (χ3v) is 2.79. The zero-order valence-electron chi connectivity index (χ0n) is 8.61. The van der Waals surface area contributed by atoms with Gasteiger partial charge in [0.25, 0.3) is 0 Å². The van der Waals surface area contributed by atoms with Gasteiger partial charge in [0.2, 0.25) is 0 Å². The fourth-order valence-corrected chi connectivity index (χ4v) is 1.66. The van der Waals surface area contributed by atoms with E-state index in [0.717, 1.165) is 0 Å². The molecule has 92 valence electrons. The van der Waals surface area contributed by atoms with E-state index in [1.807, 2.05) is 0 Å². The van der Waals surface area contributed by atoms with Crippen molar-refractivity contribution in [3.8, 4) is 0 Å². The molecule has 0 aliphatic carbocycles. The summed E-state index contributed by atoms with van der Waals surface area (Å²) in [6, 6.07) is 0. The minimum atomic E-state index is -4.57. The third kappa shape index (κ3) is 3.01. The second-order valence-electron chi connectivity index (χ2n) is 3.83. The van der Waals surface area contributed by atoms with Gasteiger partial charge >= 0.3 is 6.18 Å². The highest BCUT2D eigenvalue weighted by molar-refractivity contribution is 4.91. The van der Waals surface area contributed by atoms with Gasteiger partial charge in [-0.2, -0.15) is 13.2 Å². The van der Waals surface area contributed by atoms with E-state index in [4.69, 9.17) is 5.53 Å². The Labute approximate surface area is 90.5 Å². The number of aliphatic hydroxyl groups is 1. The van der Waals surface area contributed by atoms with E-state index in [1.54, 1.807) is 4.90 Å². The molecule has 1 N–H and O–H groups in total. The highest BCUT2D eigenvalue weighted by Gasteiger charge is 2.54. The van der Waals surface area contributed by atoms with Gasteiger partial charge in [0, 0.05) is 31.1 Å². The quantitative estimate of drug-likeness (QED) is 0.461. The van der Waals surface area contributed by atoms with Crippen molar-refractivity contribution in [1.82, 2.24) is 4.90 Å². The van der Waals surface area contributed by atoms with E-state index in [1.165, 1.54) is 0 Å². The standard InChI is InChI=1S/C8H13F3N4O/c9-8(10,11)7(16)1-4-15(5-2-7)6-3-13-14-12/h16H,1-6H2. The Bertz CT molecular complexity index is 279. The van der Waals surface area contributed by atoms with Crippen LogP contribution in [0.2, 0.25) is 0 Å².